The molecule has 0 spiro atoms. The second kappa shape index (κ2) is 5.80. The summed E-state index contributed by atoms with van der Waals surface area (Å²) in [5.74, 6) is 0.248. The van der Waals surface area contributed by atoms with Gasteiger partial charge in [-0.25, -0.2) is 4.39 Å². The average Bonchev–Trinajstić information content (AvgIpc) is 2.19. The van der Waals surface area contributed by atoms with E-state index in [4.69, 9.17) is 0 Å². The van der Waals surface area contributed by atoms with E-state index in [2.05, 4.69) is 45.7 Å². The molecule has 0 aliphatic heterocycles. The summed E-state index contributed by atoms with van der Waals surface area (Å²) in [5, 5.41) is 0.822. The zero-order chi connectivity index (χ0) is 11.4. The number of alkyl halides is 1. The molecule has 0 amide bonds. The number of halogens is 3. The molecule has 0 aromatic heterocycles. The summed E-state index contributed by atoms with van der Waals surface area (Å²) in [4.78, 5) is 0. The maximum absolute atomic E-state index is 13.2. The van der Waals surface area contributed by atoms with Gasteiger partial charge in [0.15, 0.2) is 0 Å². The lowest BCUT2D eigenvalue weighted by Gasteiger charge is -2.08. The summed E-state index contributed by atoms with van der Waals surface area (Å²) in [5.41, 5.74) is 2.16. The van der Waals surface area contributed by atoms with E-state index in [-0.39, 0.29) is 5.82 Å². The molecule has 0 heterocycles. The van der Waals surface area contributed by atoms with Crippen molar-refractivity contribution in [3.63, 3.8) is 0 Å². The first kappa shape index (κ1) is 12.9. The highest BCUT2D eigenvalue weighted by atomic mass is 79.9. The quantitative estimate of drug-likeness (QED) is 0.680. The number of benzene rings is 1. The summed E-state index contributed by atoms with van der Waals surface area (Å²) in [6, 6.07) is 5.17. The van der Waals surface area contributed by atoms with Gasteiger partial charge in [-0.1, -0.05) is 47.5 Å². The molecule has 0 bridgehead atoms. The van der Waals surface area contributed by atoms with Crippen molar-refractivity contribution in [3.05, 3.63) is 39.6 Å². The monoisotopic (exact) mass is 334 g/mol. The molecule has 0 aliphatic carbocycles. The second-order valence-electron chi connectivity index (χ2n) is 3.68. The van der Waals surface area contributed by atoms with Crippen LogP contribution in [0.5, 0.6) is 0 Å². The van der Waals surface area contributed by atoms with Gasteiger partial charge in [-0.05, 0) is 39.5 Å². The molecule has 3 heteroatoms. The van der Waals surface area contributed by atoms with E-state index in [1.165, 1.54) is 11.6 Å². The Kier molecular flexibility index (Phi) is 5.00. The normalized spacial score (nSPS) is 12.3. The molecule has 0 fully saturated rings. The fraction of sp³-hybridized carbons (Fsp3) is 0.333. The first-order valence-corrected chi connectivity index (χ1v) is 6.67. The van der Waals surface area contributed by atoms with Gasteiger partial charge in [0, 0.05) is 5.33 Å². The Morgan fingerprint density at radius 3 is 2.60 bits per heavy atom. The van der Waals surface area contributed by atoms with Gasteiger partial charge in [-0.3, -0.25) is 0 Å². The summed E-state index contributed by atoms with van der Waals surface area (Å²) < 4.78 is 13.8. The smallest absolute Gasteiger partial charge is 0.137 e. The Hall–Kier alpha value is -0.150. The van der Waals surface area contributed by atoms with E-state index < -0.39 is 0 Å². The van der Waals surface area contributed by atoms with Gasteiger partial charge < -0.3 is 0 Å². The maximum atomic E-state index is 13.2. The molecule has 82 valence electrons. The Labute approximate surface area is 107 Å². The zero-order valence-electron chi connectivity index (χ0n) is 8.73. The van der Waals surface area contributed by atoms with Gasteiger partial charge in [0.25, 0.3) is 0 Å². The third-order valence-electron chi connectivity index (χ3n) is 2.19. The Balaban J connectivity index is 3.01. The minimum atomic E-state index is -0.221. The van der Waals surface area contributed by atoms with Gasteiger partial charge in [0.05, 0.1) is 4.47 Å². The highest BCUT2D eigenvalue weighted by molar-refractivity contribution is 9.10. The van der Waals surface area contributed by atoms with Gasteiger partial charge in [0.2, 0.25) is 0 Å². The molecule has 1 aromatic carbocycles. The van der Waals surface area contributed by atoms with Crippen LogP contribution in [0.25, 0.3) is 6.08 Å². The Bertz CT molecular complexity index is 370. The molecule has 0 nitrogen and oxygen atoms in total. The standard InChI is InChI=1S/C12H13Br2F/c1-8(2)10(7-13)5-9-3-4-11(14)12(15)6-9/h3-6,8H,7H2,1-2H3/b10-5+. The first-order valence-electron chi connectivity index (χ1n) is 4.76. The molecule has 0 saturated heterocycles. The highest BCUT2D eigenvalue weighted by Gasteiger charge is 2.03. The first-order chi connectivity index (χ1) is 7.04. The fourth-order valence-electron chi connectivity index (χ4n) is 1.18. The van der Waals surface area contributed by atoms with Crippen LogP contribution in [-0.2, 0) is 0 Å². The van der Waals surface area contributed by atoms with Crippen molar-refractivity contribution in [2.45, 2.75) is 13.8 Å². The van der Waals surface area contributed by atoms with Gasteiger partial charge in [0.1, 0.15) is 5.82 Å². The minimum Gasteiger partial charge on any atom is -0.206 e. The third-order valence-corrected chi connectivity index (χ3v) is 3.48. The summed E-state index contributed by atoms with van der Waals surface area (Å²) in [6.45, 7) is 4.25. The maximum Gasteiger partial charge on any atom is 0.137 e. The SMILES string of the molecule is CC(C)/C(=C/c1ccc(Br)c(F)c1)CBr. The lowest BCUT2D eigenvalue weighted by molar-refractivity contribution is 0.621. The Morgan fingerprint density at radius 1 is 1.47 bits per heavy atom. The zero-order valence-corrected chi connectivity index (χ0v) is 11.9. The van der Waals surface area contributed by atoms with Crippen LogP contribution in [0, 0.1) is 11.7 Å². The molecule has 0 atom stereocenters. The lowest BCUT2D eigenvalue weighted by atomic mass is 10.0. The summed E-state index contributed by atoms with van der Waals surface area (Å²) in [6.07, 6.45) is 2.02. The molecule has 0 aliphatic rings. The predicted octanol–water partition coefficient (Wildman–Crippen LogP) is 5.02. The summed E-state index contributed by atoms with van der Waals surface area (Å²) in [7, 11) is 0. The van der Waals surface area contributed by atoms with Crippen molar-refractivity contribution in [1.29, 1.82) is 0 Å². The number of rotatable bonds is 3. The van der Waals surface area contributed by atoms with Crippen molar-refractivity contribution in [3.8, 4) is 0 Å². The number of hydrogen-bond acceptors (Lipinski definition) is 0. The molecule has 0 saturated carbocycles. The molecule has 0 radical (unpaired) electrons. The average molecular weight is 336 g/mol. The molecular formula is C12H13Br2F. The molecule has 0 unspecified atom stereocenters. The van der Waals surface area contributed by atoms with Crippen molar-refractivity contribution in [2.24, 2.45) is 5.92 Å². The van der Waals surface area contributed by atoms with Crippen molar-refractivity contribution >= 4 is 37.9 Å². The molecule has 1 aromatic rings. The van der Waals surface area contributed by atoms with E-state index in [9.17, 15) is 4.39 Å². The largest absolute Gasteiger partial charge is 0.206 e. The lowest BCUT2D eigenvalue weighted by Crippen LogP contribution is -1.95. The van der Waals surface area contributed by atoms with Crippen LogP contribution in [0.3, 0.4) is 0 Å². The second-order valence-corrected chi connectivity index (χ2v) is 5.10. The van der Waals surface area contributed by atoms with Crippen LogP contribution >= 0.6 is 31.9 Å². The number of allylic oxidation sites excluding steroid dienone is 1. The van der Waals surface area contributed by atoms with Crippen LogP contribution in [0.1, 0.15) is 19.4 Å². The highest BCUT2D eigenvalue weighted by Crippen LogP contribution is 2.21. The molecule has 15 heavy (non-hydrogen) atoms. The topological polar surface area (TPSA) is 0 Å². The minimum absolute atomic E-state index is 0.221. The molecule has 1 rings (SSSR count). The van der Waals surface area contributed by atoms with E-state index in [0.717, 1.165) is 10.9 Å². The van der Waals surface area contributed by atoms with Gasteiger partial charge in [-0.2, -0.15) is 0 Å². The van der Waals surface area contributed by atoms with Gasteiger partial charge in [-0.15, -0.1) is 0 Å². The van der Waals surface area contributed by atoms with Crippen LogP contribution < -0.4 is 0 Å². The van der Waals surface area contributed by atoms with E-state index in [1.54, 1.807) is 6.07 Å². The van der Waals surface area contributed by atoms with Crippen LogP contribution in [0.4, 0.5) is 4.39 Å². The van der Waals surface area contributed by atoms with E-state index in [0.29, 0.717) is 10.4 Å². The van der Waals surface area contributed by atoms with Crippen molar-refractivity contribution in [1.82, 2.24) is 0 Å². The third kappa shape index (κ3) is 3.72. The number of hydrogen-bond donors (Lipinski definition) is 0. The van der Waals surface area contributed by atoms with E-state index >= 15 is 0 Å². The molecular weight excluding hydrogens is 323 g/mol. The van der Waals surface area contributed by atoms with Gasteiger partial charge >= 0.3 is 0 Å². The van der Waals surface area contributed by atoms with Crippen molar-refractivity contribution in [2.75, 3.05) is 5.33 Å². The van der Waals surface area contributed by atoms with Crippen molar-refractivity contribution < 1.29 is 4.39 Å². The summed E-state index contributed by atoms with van der Waals surface area (Å²) >= 11 is 6.57. The van der Waals surface area contributed by atoms with Crippen LogP contribution in [0.15, 0.2) is 28.2 Å². The van der Waals surface area contributed by atoms with E-state index in [1.807, 2.05) is 12.1 Å². The fourth-order valence-corrected chi connectivity index (χ4v) is 2.23. The molecule has 0 N–H and O–H groups in total. The Morgan fingerprint density at radius 2 is 2.13 bits per heavy atom. The predicted molar refractivity (Wildman–Crippen MR) is 70.7 cm³/mol. The van der Waals surface area contributed by atoms with Crippen LogP contribution in [0.2, 0.25) is 0 Å². The van der Waals surface area contributed by atoms with Crippen LogP contribution in [-0.4, -0.2) is 5.33 Å².